The molecule has 0 aliphatic heterocycles. The van der Waals surface area contributed by atoms with E-state index in [1.54, 1.807) is 0 Å². The lowest BCUT2D eigenvalue weighted by molar-refractivity contribution is 0.671. The van der Waals surface area contributed by atoms with Crippen LogP contribution >= 0.6 is 0 Å². The van der Waals surface area contributed by atoms with Crippen molar-refractivity contribution < 1.29 is 4.42 Å². The summed E-state index contributed by atoms with van der Waals surface area (Å²) in [6.07, 6.45) is 11.4. The van der Waals surface area contributed by atoms with Crippen LogP contribution in [0.1, 0.15) is 36.0 Å². The van der Waals surface area contributed by atoms with E-state index in [1.807, 2.05) is 0 Å². The molecule has 1 heterocycles. The summed E-state index contributed by atoms with van der Waals surface area (Å²) in [4.78, 5) is 2.34. The van der Waals surface area contributed by atoms with Gasteiger partial charge in [-0.25, -0.2) is 0 Å². The molecule has 0 amide bonds. The quantitative estimate of drug-likeness (QED) is 0.162. The summed E-state index contributed by atoms with van der Waals surface area (Å²) in [6, 6.07) is 65.8. The van der Waals surface area contributed by atoms with Gasteiger partial charge in [-0.15, -0.1) is 0 Å². The van der Waals surface area contributed by atoms with Gasteiger partial charge in [0.2, 0.25) is 0 Å². The molecule has 0 N–H and O–H groups in total. The summed E-state index contributed by atoms with van der Waals surface area (Å²) in [5.41, 5.74) is 17.8. The van der Waals surface area contributed by atoms with Gasteiger partial charge in [-0.2, -0.15) is 0 Å². The average Bonchev–Trinajstić information content (AvgIpc) is 3.69. The van der Waals surface area contributed by atoms with Gasteiger partial charge in [-0.3, -0.25) is 0 Å². The van der Waals surface area contributed by atoms with E-state index >= 15 is 0 Å². The molecule has 11 rings (SSSR count). The molecule has 1 aromatic heterocycles. The highest BCUT2D eigenvalue weighted by Gasteiger charge is 2.20. The molecule has 0 spiro atoms. The minimum absolute atomic E-state index is 0.911. The molecule has 0 atom stereocenters. The van der Waals surface area contributed by atoms with Crippen LogP contribution in [0.25, 0.3) is 73.0 Å². The molecule has 8 aromatic carbocycles. The highest BCUT2D eigenvalue weighted by Crippen LogP contribution is 2.42. The third-order valence-electron chi connectivity index (χ3n) is 12.0. The summed E-state index contributed by atoms with van der Waals surface area (Å²) in [5.74, 6) is 0. The summed E-state index contributed by atoms with van der Waals surface area (Å²) < 4.78 is 6.76. The number of nitrogens with zero attached hydrogens (tertiary/aromatic N) is 1. The van der Waals surface area contributed by atoms with Crippen molar-refractivity contribution in [1.82, 2.24) is 0 Å². The number of benzene rings is 8. The van der Waals surface area contributed by atoms with Crippen molar-refractivity contribution >= 4 is 56.7 Å². The largest absolute Gasteiger partial charge is 0.455 e. The van der Waals surface area contributed by atoms with Gasteiger partial charge in [0.25, 0.3) is 0 Å². The molecule has 0 fully saturated rings. The van der Waals surface area contributed by atoms with E-state index in [-0.39, 0.29) is 0 Å². The Kier molecular flexibility index (Phi) is 8.47. The fourth-order valence-electron chi connectivity index (χ4n) is 9.24. The summed E-state index contributed by atoms with van der Waals surface area (Å²) in [7, 11) is 0. The van der Waals surface area contributed by atoms with E-state index in [4.69, 9.17) is 4.42 Å². The first-order valence-electron chi connectivity index (χ1n) is 20.4. The van der Waals surface area contributed by atoms with Gasteiger partial charge in [0.05, 0.1) is 0 Å². The summed E-state index contributed by atoms with van der Waals surface area (Å²) in [6.45, 7) is 0. The molecule has 2 aliphatic carbocycles. The maximum Gasteiger partial charge on any atom is 0.143 e. The Balaban J connectivity index is 0.966. The maximum atomic E-state index is 6.76. The predicted molar refractivity (Wildman–Crippen MR) is 244 cm³/mol. The van der Waals surface area contributed by atoms with E-state index in [0.29, 0.717) is 0 Å². The third-order valence-corrected chi connectivity index (χ3v) is 12.0. The smallest absolute Gasteiger partial charge is 0.143 e. The number of rotatable bonds is 7. The molecule has 276 valence electrons. The lowest BCUT2D eigenvalue weighted by Gasteiger charge is -2.26. The van der Waals surface area contributed by atoms with Crippen molar-refractivity contribution in [2.75, 3.05) is 4.90 Å². The fraction of sp³-hybridized carbons (Fsp3) is 0.0714. The first-order chi connectivity index (χ1) is 28.8. The van der Waals surface area contributed by atoms with Crippen LogP contribution in [0, 0.1) is 0 Å². The minimum Gasteiger partial charge on any atom is -0.455 e. The van der Waals surface area contributed by atoms with Crippen molar-refractivity contribution in [3.8, 4) is 33.4 Å². The third kappa shape index (κ3) is 5.97. The fourth-order valence-corrected chi connectivity index (χ4v) is 9.24. The maximum absolute atomic E-state index is 6.76. The molecule has 0 radical (unpaired) electrons. The van der Waals surface area contributed by atoms with Crippen LogP contribution in [-0.4, -0.2) is 0 Å². The van der Waals surface area contributed by atoms with Crippen LogP contribution in [0.4, 0.5) is 17.1 Å². The Bertz CT molecular complexity index is 3140. The van der Waals surface area contributed by atoms with Crippen molar-refractivity contribution in [2.45, 2.75) is 25.7 Å². The molecule has 2 heteroatoms. The standard InChI is InChI=1S/C56H41NO/c1-3-14-40(15-4-1)49-23-12-26-52-53-27-13-24-50(56(53)58-55(49)52)41-30-34-46(35-31-41)57(44-19-5-2-6-20-44)45-32-28-38(29-33-45)43-36-42-17-8-10-22-48(42)54(37-43)51-25-11-18-39-16-7-9-21-47(39)51/h1-9,12-21,23-24,26-37H,10-11,22,25H2. The van der Waals surface area contributed by atoms with Crippen LogP contribution in [-0.2, 0) is 6.42 Å². The van der Waals surface area contributed by atoms with E-state index in [1.165, 1.54) is 43.8 Å². The van der Waals surface area contributed by atoms with Crippen LogP contribution in [0.15, 0.2) is 192 Å². The Hall–Kier alpha value is -7.16. The second kappa shape index (κ2) is 14.4. The molecular formula is C56H41NO. The highest BCUT2D eigenvalue weighted by atomic mass is 16.3. The number of hydrogen-bond donors (Lipinski definition) is 0. The first-order valence-corrected chi connectivity index (χ1v) is 20.4. The number of furan rings is 1. The lowest BCUT2D eigenvalue weighted by Crippen LogP contribution is -2.29. The zero-order valence-electron chi connectivity index (χ0n) is 32.2. The van der Waals surface area contributed by atoms with Gasteiger partial charge in [0, 0.05) is 39.0 Å². The van der Waals surface area contributed by atoms with Gasteiger partial charge >= 0.3 is 0 Å². The molecule has 0 unspecified atom stereocenters. The molecule has 9 aromatic rings. The van der Waals surface area contributed by atoms with Gasteiger partial charge < -0.3 is 9.32 Å². The Morgan fingerprint density at radius 1 is 0.431 bits per heavy atom. The van der Waals surface area contributed by atoms with Gasteiger partial charge in [0.15, 0.2) is 0 Å². The van der Waals surface area contributed by atoms with Crippen LogP contribution < -0.4 is 15.3 Å². The molecule has 0 saturated heterocycles. The second-order valence-corrected chi connectivity index (χ2v) is 15.4. The molecule has 58 heavy (non-hydrogen) atoms. The van der Waals surface area contributed by atoms with Gasteiger partial charge in [-0.05, 0) is 129 Å². The molecular weight excluding hydrogens is 703 g/mol. The molecule has 2 aliphatic rings. The Morgan fingerprint density at radius 2 is 1.03 bits per heavy atom. The minimum atomic E-state index is 0.911. The zero-order chi connectivity index (χ0) is 38.4. The SMILES string of the molecule is C1=Cc2cc(-c3ccc(N(c4ccccc4)c4ccc(-c5cccc6c5oc5c(-c7ccccc7)cccc56)cc4)cc3)cc(C3=c4ccccc4=CCC3)c2CC1. The number of para-hydroxylation sites is 3. The average molecular weight is 744 g/mol. The molecule has 0 saturated carbocycles. The van der Waals surface area contributed by atoms with E-state index < -0.39 is 0 Å². The molecule has 2 nitrogen and oxygen atoms in total. The van der Waals surface area contributed by atoms with E-state index in [0.717, 1.165) is 86.9 Å². The van der Waals surface area contributed by atoms with Crippen LogP contribution in [0.5, 0.6) is 0 Å². The number of allylic oxidation sites excluding steroid dienone is 1. The van der Waals surface area contributed by atoms with Gasteiger partial charge in [0.1, 0.15) is 11.2 Å². The predicted octanol–water partition coefficient (Wildman–Crippen LogP) is 13.8. The second-order valence-electron chi connectivity index (χ2n) is 15.4. The summed E-state index contributed by atoms with van der Waals surface area (Å²) >= 11 is 0. The van der Waals surface area contributed by atoms with Crippen LogP contribution in [0.2, 0.25) is 0 Å². The number of hydrogen-bond acceptors (Lipinski definition) is 2. The van der Waals surface area contributed by atoms with Crippen molar-refractivity contribution in [3.05, 3.63) is 215 Å². The van der Waals surface area contributed by atoms with E-state index in [9.17, 15) is 0 Å². The Morgan fingerprint density at radius 3 is 1.74 bits per heavy atom. The first kappa shape index (κ1) is 34.1. The van der Waals surface area contributed by atoms with Crippen molar-refractivity contribution in [1.29, 1.82) is 0 Å². The van der Waals surface area contributed by atoms with Crippen LogP contribution in [0.3, 0.4) is 0 Å². The van der Waals surface area contributed by atoms with Crippen molar-refractivity contribution in [3.63, 3.8) is 0 Å². The molecule has 0 bridgehead atoms. The monoisotopic (exact) mass is 743 g/mol. The highest BCUT2D eigenvalue weighted by molar-refractivity contribution is 6.13. The Labute approximate surface area is 339 Å². The number of fused-ring (bicyclic) bond motifs is 5. The normalized spacial score (nSPS) is 13.3. The number of anilines is 3. The lowest BCUT2D eigenvalue weighted by atomic mass is 9.83. The van der Waals surface area contributed by atoms with E-state index in [2.05, 4.69) is 205 Å². The zero-order valence-corrected chi connectivity index (χ0v) is 32.2. The van der Waals surface area contributed by atoms with Crippen molar-refractivity contribution in [2.24, 2.45) is 0 Å². The topological polar surface area (TPSA) is 16.4 Å². The van der Waals surface area contributed by atoms with Gasteiger partial charge in [-0.1, -0.05) is 152 Å². The summed E-state index contributed by atoms with van der Waals surface area (Å²) in [5, 5.41) is 5.00.